The van der Waals surface area contributed by atoms with Gasteiger partial charge >= 0.3 is 18.4 Å². The summed E-state index contributed by atoms with van der Waals surface area (Å²) in [4.78, 5) is 26.5. The van der Waals surface area contributed by atoms with Crippen LogP contribution < -0.4 is 10.6 Å². The molecule has 6 fully saturated rings. The highest BCUT2D eigenvalue weighted by atomic mass is 19.4. The highest BCUT2D eigenvalue weighted by Gasteiger charge is 2.83. The number of alkyl halides is 3. The van der Waals surface area contributed by atoms with Crippen molar-refractivity contribution in [2.45, 2.75) is 143 Å². The molecule has 6 aliphatic rings. The van der Waals surface area contributed by atoms with Gasteiger partial charge in [0.05, 0.1) is 24.8 Å². The largest absolute Gasteiger partial charge is 0.446 e. The number of aliphatic hydroxyl groups excluding tert-OH is 1. The van der Waals surface area contributed by atoms with Crippen LogP contribution in [0.5, 0.6) is 0 Å². The molecular weight excluding hydrogens is 663 g/mol. The molecule has 0 aromatic carbocycles. The number of alkyl carbamates (subject to hydrolysis) is 2. The molecule has 0 aromatic heterocycles. The Bertz CT molecular complexity index is 1330. The third kappa shape index (κ3) is 6.17. The zero-order valence-electron chi connectivity index (χ0n) is 32.3. The second-order valence-electron chi connectivity index (χ2n) is 19.0. The molecule has 0 bridgehead atoms. The fourth-order valence-corrected chi connectivity index (χ4v) is 13.6. The summed E-state index contributed by atoms with van der Waals surface area (Å²) in [5, 5.41) is 17.5. The third-order valence-corrected chi connectivity index (χ3v) is 16.2. The summed E-state index contributed by atoms with van der Waals surface area (Å²) in [6, 6.07) is -0.324. The molecule has 51 heavy (non-hydrogen) atoms. The predicted octanol–water partition coefficient (Wildman–Crippen LogP) is 7.16. The van der Waals surface area contributed by atoms with Gasteiger partial charge in [-0.05, 0) is 104 Å². The average molecular weight is 728 g/mol. The second-order valence-corrected chi connectivity index (χ2v) is 19.0. The van der Waals surface area contributed by atoms with Crippen molar-refractivity contribution in [3.05, 3.63) is 0 Å². The van der Waals surface area contributed by atoms with Gasteiger partial charge in [0, 0.05) is 38.1 Å². The van der Waals surface area contributed by atoms with Crippen LogP contribution >= 0.6 is 0 Å². The molecule has 1 aliphatic heterocycles. The molecule has 0 radical (unpaired) electrons. The maximum atomic E-state index is 13.0. The molecule has 292 valence electrons. The normalized spacial score (nSPS) is 41.9. The maximum absolute atomic E-state index is 13.0. The van der Waals surface area contributed by atoms with Crippen LogP contribution in [0.2, 0.25) is 0 Å². The highest BCUT2D eigenvalue weighted by molar-refractivity contribution is 5.68. The van der Waals surface area contributed by atoms with Gasteiger partial charge in [-0.15, -0.1) is 0 Å². The highest BCUT2D eigenvalue weighted by Crippen LogP contribution is 2.89. The first kappa shape index (κ1) is 38.9. The molecule has 1 saturated heterocycles. The minimum Gasteiger partial charge on any atom is -0.446 e. The van der Waals surface area contributed by atoms with E-state index >= 15 is 0 Å². The molecule has 0 aromatic rings. The van der Waals surface area contributed by atoms with Gasteiger partial charge in [0.2, 0.25) is 0 Å². The van der Waals surface area contributed by atoms with E-state index < -0.39 is 31.0 Å². The van der Waals surface area contributed by atoms with E-state index in [4.69, 9.17) is 14.2 Å². The number of carbonyl (C=O) groups is 2. The van der Waals surface area contributed by atoms with Crippen molar-refractivity contribution in [2.75, 3.05) is 33.8 Å². The third-order valence-electron chi connectivity index (χ3n) is 16.2. The van der Waals surface area contributed by atoms with Gasteiger partial charge in [-0.2, -0.15) is 13.2 Å². The Labute approximate surface area is 302 Å². The first-order valence-corrected chi connectivity index (χ1v) is 19.5. The van der Waals surface area contributed by atoms with E-state index in [1.165, 1.54) is 11.3 Å². The van der Waals surface area contributed by atoms with E-state index in [-0.39, 0.29) is 76.4 Å². The summed E-state index contributed by atoms with van der Waals surface area (Å²) in [6.07, 6.45) is 2.27. The number of fused-ring (bicyclic) bond motifs is 2. The number of amides is 2. The van der Waals surface area contributed by atoms with E-state index in [9.17, 15) is 27.9 Å². The van der Waals surface area contributed by atoms with Crippen molar-refractivity contribution in [1.29, 1.82) is 0 Å². The second kappa shape index (κ2) is 13.2. The van der Waals surface area contributed by atoms with Crippen molar-refractivity contribution in [2.24, 2.45) is 56.7 Å². The van der Waals surface area contributed by atoms with Crippen LogP contribution in [0.25, 0.3) is 0 Å². The fraction of sp³-hybridized carbons (Fsp3) is 0.949. The topological polar surface area (TPSA) is 109 Å². The number of hydrogen-bond donors (Lipinski definition) is 3. The smallest absolute Gasteiger partial charge is 0.407 e. The van der Waals surface area contributed by atoms with Gasteiger partial charge in [0.1, 0.15) is 12.2 Å². The summed E-state index contributed by atoms with van der Waals surface area (Å²) >= 11 is 0. The first-order valence-electron chi connectivity index (χ1n) is 19.5. The Morgan fingerprint density at radius 2 is 1.61 bits per heavy atom. The number of rotatable bonds is 10. The maximum Gasteiger partial charge on any atom is 0.407 e. The van der Waals surface area contributed by atoms with Crippen molar-refractivity contribution < 1.29 is 42.1 Å². The molecule has 6 rings (SSSR count). The number of hydrogen-bond acceptors (Lipinski definition) is 7. The lowest BCUT2D eigenvalue weighted by Crippen LogP contribution is -2.62. The van der Waals surface area contributed by atoms with E-state index in [2.05, 4.69) is 45.3 Å². The monoisotopic (exact) mass is 727 g/mol. The van der Waals surface area contributed by atoms with E-state index in [0.717, 1.165) is 51.4 Å². The van der Waals surface area contributed by atoms with E-state index in [0.29, 0.717) is 17.8 Å². The molecule has 3 N–H and O–H groups in total. The van der Waals surface area contributed by atoms with Gasteiger partial charge in [-0.1, -0.05) is 48.5 Å². The molecule has 2 unspecified atom stereocenters. The quantitative estimate of drug-likeness (QED) is 0.219. The molecule has 12 heteroatoms. The van der Waals surface area contributed by atoms with Gasteiger partial charge < -0.3 is 30.0 Å². The molecule has 9 nitrogen and oxygen atoms in total. The number of ether oxygens (including phenoxy) is 3. The van der Waals surface area contributed by atoms with Crippen molar-refractivity contribution >= 4 is 12.2 Å². The number of aliphatic hydroxyl groups is 1. The van der Waals surface area contributed by atoms with Gasteiger partial charge in [0.25, 0.3) is 0 Å². The number of carbonyl (C=O) groups excluding carboxylic acids is 2. The lowest BCUT2D eigenvalue weighted by Gasteiger charge is -2.64. The molecule has 12 atom stereocenters. The standard InChI is InChI=1S/C39H64F3N3O6/c1-22(2)31(51-32(47)43-8)26(49-9)16-23(3)25-17-29(46)36(7)28-11-10-27-34(4,5)30(12-13-37(27)20-38(28,37)15-14-35(25,36)6)50-33(48)44-24-18-45(19-24)21-39(40,41)42/h22-31,46H,10-21H2,1-9H3,(H,43,47)(H,44,48)/t23-,25-,26?,27+,28?,29+,30+,31-,35-,36-,37-,38+/m1/s1. The molecule has 2 amide bonds. The number of methoxy groups -OCH3 is 1. The number of halogens is 3. The molecule has 5 aliphatic carbocycles. The summed E-state index contributed by atoms with van der Waals surface area (Å²) in [5.41, 5.74) is -0.148. The Kier molecular flexibility index (Phi) is 10.1. The lowest BCUT2D eigenvalue weighted by atomic mass is 9.41. The lowest BCUT2D eigenvalue weighted by molar-refractivity contribution is -0.182. The van der Waals surface area contributed by atoms with E-state index in [1.54, 1.807) is 14.2 Å². The molecular formula is C39H64F3N3O6. The van der Waals surface area contributed by atoms with E-state index in [1.807, 2.05) is 13.8 Å². The van der Waals surface area contributed by atoms with Crippen LogP contribution in [0, 0.1) is 56.7 Å². The Morgan fingerprint density at radius 1 is 0.961 bits per heavy atom. The number of nitrogens with zero attached hydrogens (tertiary/aromatic N) is 1. The molecule has 5 saturated carbocycles. The predicted molar refractivity (Wildman–Crippen MR) is 187 cm³/mol. The zero-order valence-corrected chi connectivity index (χ0v) is 32.3. The molecule has 1 heterocycles. The number of nitrogens with one attached hydrogen (secondary N) is 2. The van der Waals surface area contributed by atoms with Gasteiger partial charge in [0.15, 0.2) is 0 Å². The Balaban J connectivity index is 1.13. The van der Waals surface area contributed by atoms with Crippen LogP contribution in [0.4, 0.5) is 22.8 Å². The summed E-state index contributed by atoms with van der Waals surface area (Å²) in [7, 11) is 3.26. The van der Waals surface area contributed by atoms with Crippen molar-refractivity contribution in [3.8, 4) is 0 Å². The summed E-state index contributed by atoms with van der Waals surface area (Å²) < 4.78 is 56.0. The Hall–Kier alpha value is -1.79. The first-order chi connectivity index (χ1) is 23.7. The minimum absolute atomic E-state index is 0.0449. The summed E-state index contributed by atoms with van der Waals surface area (Å²) in [5.74, 6) is 1.47. The van der Waals surface area contributed by atoms with Crippen LogP contribution in [0.15, 0.2) is 0 Å². The Morgan fingerprint density at radius 3 is 2.22 bits per heavy atom. The van der Waals surface area contributed by atoms with Crippen LogP contribution in [-0.2, 0) is 14.2 Å². The SMILES string of the molecule is CNC(=O)O[C@H](C(C)C)C(C[C@@H](C)[C@H]1C[C@H](O)[C@@]2(C)C3CC[C@H]4C(C)(C)[C@@H](OC(=O)NC5CN(CC(F)(F)F)C5)CC[C@@]45C[C@@]35CC[C@]12C)OC. The zero-order chi connectivity index (χ0) is 37.5. The van der Waals surface area contributed by atoms with Crippen LogP contribution in [-0.4, -0.2) is 92.6 Å². The fourth-order valence-electron chi connectivity index (χ4n) is 13.6. The molecule has 2 spiro atoms. The van der Waals surface area contributed by atoms with Gasteiger partial charge in [-0.3, -0.25) is 4.90 Å². The minimum atomic E-state index is -4.24. The summed E-state index contributed by atoms with van der Waals surface area (Å²) in [6.45, 7) is 15.1. The van der Waals surface area contributed by atoms with Crippen LogP contribution in [0.1, 0.15) is 106 Å². The van der Waals surface area contributed by atoms with Crippen molar-refractivity contribution in [3.63, 3.8) is 0 Å². The van der Waals surface area contributed by atoms with Crippen LogP contribution in [0.3, 0.4) is 0 Å². The van der Waals surface area contributed by atoms with Gasteiger partial charge in [-0.25, -0.2) is 9.59 Å². The number of likely N-dealkylation sites (tertiary alicyclic amines) is 1. The average Bonchev–Trinajstić information content (AvgIpc) is 3.64. The van der Waals surface area contributed by atoms with Crippen molar-refractivity contribution in [1.82, 2.24) is 15.5 Å².